The van der Waals surface area contributed by atoms with Crippen molar-refractivity contribution < 1.29 is 9.53 Å². The molecule has 3 rings (SSSR count). The van der Waals surface area contributed by atoms with Crippen LogP contribution in [0.1, 0.15) is 19.0 Å². The van der Waals surface area contributed by atoms with Crippen LogP contribution in [0.25, 0.3) is 0 Å². The van der Waals surface area contributed by atoms with Crippen LogP contribution in [0.15, 0.2) is 5.38 Å². The van der Waals surface area contributed by atoms with Gasteiger partial charge in [-0.1, -0.05) is 0 Å². The molecule has 0 amide bonds. The number of carbonyl (C=O) groups excluding carboxylic acids is 1. The van der Waals surface area contributed by atoms with E-state index in [4.69, 9.17) is 4.74 Å². The lowest BCUT2D eigenvalue weighted by Crippen LogP contribution is -2.51. The van der Waals surface area contributed by atoms with E-state index in [2.05, 4.69) is 20.2 Å². The molecule has 1 aromatic rings. The van der Waals surface area contributed by atoms with Crippen LogP contribution in [-0.2, 0) is 9.53 Å². The van der Waals surface area contributed by atoms with Crippen LogP contribution in [0.4, 0.5) is 5.13 Å². The number of hydrogen-bond acceptors (Lipinski definition) is 6. The lowest BCUT2D eigenvalue weighted by atomic mass is 10.1. The predicted octanol–water partition coefficient (Wildman–Crippen LogP) is 1.28. The standard InChI is InChI=1S/C13H19N3O2S/c1-9-8-19-13(14-9)16-5-3-15(4-6-16)11-7-10(2)18-12(11)17/h8,10-11H,3-7H2,1-2H3/t10-,11-/m0/s1. The molecular formula is C13H19N3O2S. The Kier molecular flexibility index (Phi) is 3.45. The molecule has 2 saturated heterocycles. The highest BCUT2D eigenvalue weighted by Crippen LogP contribution is 2.24. The van der Waals surface area contributed by atoms with Crippen molar-refractivity contribution in [3.05, 3.63) is 11.1 Å². The average Bonchev–Trinajstić information content (AvgIpc) is 2.96. The summed E-state index contributed by atoms with van der Waals surface area (Å²) in [6.45, 7) is 7.67. The highest BCUT2D eigenvalue weighted by molar-refractivity contribution is 7.13. The van der Waals surface area contributed by atoms with Gasteiger partial charge in [-0.3, -0.25) is 9.69 Å². The Morgan fingerprint density at radius 2 is 2.11 bits per heavy atom. The van der Waals surface area contributed by atoms with Gasteiger partial charge in [0.25, 0.3) is 0 Å². The molecule has 2 aliphatic rings. The molecule has 6 heteroatoms. The predicted molar refractivity (Wildman–Crippen MR) is 74.6 cm³/mol. The SMILES string of the molecule is Cc1csc(N2CCN([C@H]3C[C@H](C)OC3=O)CC2)n1. The molecule has 0 saturated carbocycles. The molecule has 5 nitrogen and oxygen atoms in total. The summed E-state index contributed by atoms with van der Waals surface area (Å²) in [6, 6.07) is -0.0322. The number of anilines is 1. The summed E-state index contributed by atoms with van der Waals surface area (Å²) in [4.78, 5) is 20.8. The molecule has 19 heavy (non-hydrogen) atoms. The Morgan fingerprint density at radius 1 is 1.37 bits per heavy atom. The molecule has 104 valence electrons. The first-order valence-corrected chi connectivity index (χ1v) is 7.63. The molecule has 0 aliphatic carbocycles. The summed E-state index contributed by atoms with van der Waals surface area (Å²) in [5, 5.41) is 3.18. The smallest absolute Gasteiger partial charge is 0.323 e. The molecule has 0 aromatic carbocycles. The van der Waals surface area contributed by atoms with E-state index in [0.717, 1.165) is 43.4 Å². The van der Waals surface area contributed by atoms with Crippen LogP contribution in [0.5, 0.6) is 0 Å². The van der Waals surface area contributed by atoms with Gasteiger partial charge in [0.1, 0.15) is 12.1 Å². The van der Waals surface area contributed by atoms with Crippen LogP contribution < -0.4 is 4.90 Å². The fourth-order valence-electron chi connectivity index (χ4n) is 2.75. The Labute approximate surface area is 117 Å². The van der Waals surface area contributed by atoms with E-state index in [1.54, 1.807) is 11.3 Å². The Bertz CT molecular complexity index is 468. The second-order valence-electron chi connectivity index (χ2n) is 5.29. The molecule has 2 atom stereocenters. The summed E-state index contributed by atoms with van der Waals surface area (Å²) in [6.07, 6.45) is 0.895. The van der Waals surface area contributed by atoms with Gasteiger partial charge in [-0.25, -0.2) is 4.98 Å². The first-order valence-electron chi connectivity index (χ1n) is 6.75. The third kappa shape index (κ3) is 2.60. The molecule has 0 spiro atoms. The maximum atomic E-state index is 11.8. The molecular weight excluding hydrogens is 262 g/mol. The maximum absolute atomic E-state index is 11.8. The minimum Gasteiger partial charge on any atom is -0.461 e. The topological polar surface area (TPSA) is 45.7 Å². The highest BCUT2D eigenvalue weighted by Gasteiger charge is 2.37. The Hall–Kier alpha value is -1.14. The summed E-state index contributed by atoms with van der Waals surface area (Å²) < 4.78 is 5.24. The third-order valence-electron chi connectivity index (χ3n) is 3.78. The number of rotatable bonds is 2. The molecule has 0 radical (unpaired) electrons. The number of aromatic nitrogens is 1. The van der Waals surface area contributed by atoms with Gasteiger partial charge in [-0.05, 0) is 13.8 Å². The van der Waals surface area contributed by atoms with Gasteiger partial charge in [0.2, 0.25) is 0 Å². The highest BCUT2D eigenvalue weighted by atomic mass is 32.1. The normalized spacial score (nSPS) is 28.7. The number of thiazole rings is 1. The van der Waals surface area contributed by atoms with Crippen molar-refractivity contribution in [1.29, 1.82) is 0 Å². The van der Waals surface area contributed by atoms with E-state index < -0.39 is 0 Å². The van der Waals surface area contributed by atoms with Gasteiger partial charge in [0.05, 0.1) is 5.69 Å². The largest absolute Gasteiger partial charge is 0.461 e. The first-order chi connectivity index (χ1) is 9.13. The van der Waals surface area contributed by atoms with Crippen molar-refractivity contribution in [3.63, 3.8) is 0 Å². The molecule has 2 aliphatic heterocycles. The number of piperazine rings is 1. The second kappa shape index (κ2) is 5.09. The van der Waals surface area contributed by atoms with E-state index in [9.17, 15) is 4.79 Å². The van der Waals surface area contributed by atoms with E-state index in [-0.39, 0.29) is 18.1 Å². The number of aryl methyl sites for hydroxylation is 1. The Balaban J connectivity index is 1.59. The van der Waals surface area contributed by atoms with E-state index in [1.807, 2.05) is 13.8 Å². The summed E-state index contributed by atoms with van der Waals surface area (Å²) in [5.41, 5.74) is 1.08. The zero-order valence-corrected chi connectivity index (χ0v) is 12.2. The van der Waals surface area contributed by atoms with Gasteiger partial charge in [-0.15, -0.1) is 11.3 Å². The number of carbonyl (C=O) groups is 1. The summed E-state index contributed by atoms with van der Waals surface area (Å²) >= 11 is 1.70. The fourth-order valence-corrected chi connectivity index (χ4v) is 3.60. The molecule has 1 aromatic heterocycles. The average molecular weight is 281 g/mol. The maximum Gasteiger partial charge on any atom is 0.323 e. The number of cyclic esters (lactones) is 1. The van der Waals surface area contributed by atoms with E-state index in [0.29, 0.717) is 0 Å². The summed E-state index contributed by atoms with van der Waals surface area (Å²) in [7, 11) is 0. The van der Waals surface area contributed by atoms with Crippen molar-refractivity contribution in [2.45, 2.75) is 32.4 Å². The molecule has 2 fully saturated rings. The van der Waals surface area contributed by atoms with Gasteiger partial charge in [0, 0.05) is 38.0 Å². The number of ether oxygens (including phenoxy) is 1. The van der Waals surface area contributed by atoms with Crippen molar-refractivity contribution in [1.82, 2.24) is 9.88 Å². The minimum atomic E-state index is -0.0500. The van der Waals surface area contributed by atoms with Gasteiger partial charge in [0.15, 0.2) is 5.13 Å². The van der Waals surface area contributed by atoms with E-state index in [1.165, 1.54) is 0 Å². The lowest BCUT2D eigenvalue weighted by molar-refractivity contribution is -0.144. The number of hydrogen-bond donors (Lipinski definition) is 0. The van der Waals surface area contributed by atoms with Crippen LogP contribution in [0, 0.1) is 6.92 Å². The molecule has 0 unspecified atom stereocenters. The Morgan fingerprint density at radius 3 is 2.63 bits per heavy atom. The zero-order chi connectivity index (χ0) is 13.4. The van der Waals surface area contributed by atoms with Crippen molar-refractivity contribution in [2.75, 3.05) is 31.1 Å². The quantitative estimate of drug-likeness (QED) is 0.764. The zero-order valence-electron chi connectivity index (χ0n) is 11.3. The third-order valence-corrected chi connectivity index (χ3v) is 4.80. The monoisotopic (exact) mass is 281 g/mol. The minimum absolute atomic E-state index is 0.0322. The van der Waals surface area contributed by atoms with Crippen LogP contribution in [-0.4, -0.2) is 54.2 Å². The number of nitrogens with zero attached hydrogens (tertiary/aromatic N) is 3. The van der Waals surface area contributed by atoms with Crippen LogP contribution >= 0.6 is 11.3 Å². The second-order valence-corrected chi connectivity index (χ2v) is 6.13. The van der Waals surface area contributed by atoms with Crippen LogP contribution in [0.3, 0.4) is 0 Å². The van der Waals surface area contributed by atoms with Crippen LogP contribution in [0.2, 0.25) is 0 Å². The molecule has 3 heterocycles. The van der Waals surface area contributed by atoms with Gasteiger partial charge in [-0.2, -0.15) is 0 Å². The van der Waals surface area contributed by atoms with Crippen molar-refractivity contribution >= 4 is 22.4 Å². The van der Waals surface area contributed by atoms with Gasteiger partial charge < -0.3 is 9.64 Å². The van der Waals surface area contributed by atoms with Gasteiger partial charge >= 0.3 is 5.97 Å². The molecule has 0 bridgehead atoms. The molecule has 0 N–H and O–H groups in total. The number of esters is 1. The van der Waals surface area contributed by atoms with Crippen molar-refractivity contribution in [2.24, 2.45) is 0 Å². The first kappa shape index (κ1) is 12.9. The summed E-state index contributed by atoms with van der Waals surface area (Å²) in [5.74, 6) is -0.0500. The van der Waals surface area contributed by atoms with Crippen molar-refractivity contribution in [3.8, 4) is 0 Å². The lowest BCUT2D eigenvalue weighted by Gasteiger charge is -2.36. The fraction of sp³-hybridized carbons (Fsp3) is 0.692. The van der Waals surface area contributed by atoms with E-state index >= 15 is 0 Å².